The van der Waals surface area contributed by atoms with Crippen LogP contribution >= 0.6 is 0 Å². The molecule has 0 saturated carbocycles. The highest BCUT2D eigenvalue weighted by molar-refractivity contribution is 5.89. The molecule has 0 aromatic carbocycles. The minimum Gasteiger partial charge on any atom is -0.378 e. The predicted octanol–water partition coefficient (Wildman–Crippen LogP) is 1.21. The highest BCUT2D eigenvalue weighted by Crippen LogP contribution is 2.19. The van der Waals surface area contributed by atoms with Crippen molar-refractivity contribution in [3.05, 3.63) is 24.3 Å². The van der Waals surface area contributed by atoms with Gasteiger partial charge in [-0.25, -0.2) is 9.78 Å². The van der Waals surface area contributed by atoms with Gasteiger partial charge in [0.05, 0.1) is 37.2 Å². The Kier molecular flexibility index (Phi) is 4.31. The van der Waals surface area contributed by atoms with Crippen molar-refractivity contribution in [1.29, 1.82) is 0 Å². The summed E-state index contributed by atoms with van der Waals surface area (Å²) in [6.07, 6.45) is 3.70. The van der Waals surface area contributed by atoms with Gasteiger partial charge in [0.1, 0.15) is 0 Å². The first kappa shape index (κ1) is 14.2. The van der Waals surface area contributed by atoms with Gasteiger partial charge in [0.25, 0.3) is 0 Å². The van der Waals surface area contributed by atoms with Crippen molar-refractivity contribution < 1.29 is 13.9 Å². The third kappa shape index (κ3) is 3.48. The number of carbonyl (C=O) groups is 1. The van der Waals surface area contributed by atoms with Gasteiger partial charge in [0.15, 0.2) is 0 Å². The summed E-state index contributed by atoms with van der Waals surface area (Å²) in [4.78, 5) is 17.9. The molecule has 2 atom stereocenters. The molecule has 2 amide bonds. The number of hydrogen-bond acceptors (Lipinski definition) is 4. The largest absolute Gasteiger partial charge is 0.378 e. The Morgan fingerprint density at radius 2 is 2.14 bits per heavy atom. The number of likely N-dealkylation sites (tertiary alicyclic amines) is 1. The van der Waals surface area contributed by atoms with Crippen molar-refractivity contribution >= 4 is 11.7 Å². The number of rotatable bonds is 3. The number of urea groups is 1. The van der Waals surface area contributed by atoms with Gasteiger partial charge in [-0.1, -0.05) is 0 Å². The maximum absolute atomic E-state index is 12.7. The highest BCUT2D eigenvalue weighted by atomic mass is 19.1. The third-order valence-corrected chi connectivity index (χ3v) is 3.96. The third-order valence-electron chi connectivity index (χ3n) is 3.96. The van der Waals surface area contributed by atoms with Crippen LogP contribution in [0.25, 0.3) is 0 Å². The second-order valence-corrected chi connectivity index (χ2v) is 5.42. The van der Waals surface area contributed by atoms with Crippen LogP contribution in [0.15, 0.2) is 18.3 Å². The molecular weight excluding hydrogens is 275 g/mol. The maximum atomic E-state index is 12.7. The first-order valence-electron chi connectivity index (χ1n) is 7.23. The molecule has 1 aromatic rings. The number of carbonyl (C=O) groups excluding carboxylic acids is 1. The highest BCUT2D eigenvalue weighted by Gasteiger charge is 2.35. The first-order chi connectivity index (χ1) is 10.2. The Bertz CT molecular complexity index is 490. The Hall–Kier alpha value is -1.73. The van der Waals surface area contributed by atoms with E-state index in [1.54, 1.807) is 0 Å². The number of nitrogens with zero attached hydrogens (tertiary/aromatic N) is 2. The number of pyridine rings is 1. The standard InChI is InChI=1S/C14H19FN4O2/c15-13-4-3-10(7-16-13)17-14(20)18-11-8-21-9-12(11)19-5-1-2-6-19/h3-4,7,11-12H,1-2,5-6,8-9H2,(H2,17,18,20)/t11-,12-/m1/s1. The average Bonchev–Trinajstić information content (AvgIpc) is 3.11. The van der Waals surface area contributed by atoms with E-state index in [2.05, 4.69) is 20.5 Å². The van der Waals surface area contributed by atoms with Gasteiger partial charge in [-0.3, -0.25) is 4.90 Å². The molecule has 3 rings (SSSR count). The molecule has 114 valence electrons. The molecule has 0 spiro atoms. The van der Waals surface area contributed by atoms with Crippen molar-refractivity contribution in [2.24, 2.45) is 0 Å². The van der Waals surface area contributed by atoms with Gasteiger partial charge in [-0.05, 0) is 38.1 Å². The lowest BCUT2D eigenvalue weighted by molar-refractivity contribution is 0.159. The molecule has 21 heavy (non-hydrogen) atoms. The van der Waals surface area contributed by atoms with Gasteiger partial charge in [-0.15, -0.1) is 0 Å². The molecule has 2 fully saturated rings. The molecule has 7 heteroatoms. The molecule has 2 saturated heterocycles. The van der Waals surface area contributed by atoms with E-state index in [4.69, 9.17) is 4.74 Å². The van der Waals surface area contributed by atoms with Gasteiger partial charge in [0, 0.05) is 0 Å². The van der Waals surface area contributed by atoms with E-state index in [0.29, 0.717) is 18.9 Å². The summed E-state index contributed by atoms with van der Waals surface area (Å²) in [5, 5.41) is 5.58. The van der Waals surface area contributed by atoms with Crippen molar-refractivity contribution in [3.63, 3.8) is 0 Å². The van der Waals surface area contributed by atoms with Crippen LogP contribution in [-0.2, 0) is 4.74 Å². The smallest absolute Gasteiger partial charge is 0.319 e. The minimum absolute atomic E-state index is 0.0171. The van der Waals surface area contributed by atoms with Crippen LogP contribution < -0.4 is 10.6 Å². The fourth-order valence-corrected chi connectivity index (χ4v) is 2.90. The molecule has 0 aliphatic carbocycles. The van der Waals surface area contributed by atoms with Gasteiger partial charge >= 0.3 is 6.03 Å². The van der Waals surface area contributed by atoms with E-state index in [1.165, 1.54) is 31.2 Å². The number of nitrogens with one attached hydrogen (secondary N) is 2. The monoisotopic (exact) mass is 294 g/mol. The average molecular weight is 294 g/mol. The number of hydrogen-bond donors (Lipinski definition) is 2. The topological polar surface area (TPSA) is 66.5 Å². The molecule has 0 unspecified atom stereocenters. The second-order valence-electron chi connectivity index (χ2n) is 5.42. The van der Waals surface area contributed by atoms with Gasteiger partial charge in [-0.2, -0.15) is 4.39 Å². The summed E-state index contributed by atoms with van der Waals surface area (Å²) < 4.78 is 18.2. The number of amides is 2. The Morgan fingerprint density at radius 1 is 1.33 bits per heavy atom. The SMILES string of the molecule is O=C(Nc1ccc(F)nc1)N[C@@H]1COC[C@H]1N1CCCC1. The minimum atomic E-state index is -0.570. The van der Waals surface area contributed by atoms with E-state index in [-0.39, 0.29) is 18.1 Å². The summed E-state index contributed by atoms with van der Waals surface area (Å²) >= 11 is 0. The molecule has 1 aromatic heterocycles. The van der Waals surface area contributed by atoms with E-state index in [1.807, 2.05) is 0 Å². The van der Waals surface area contributed by atoms with E-state index in [0.717, 1.165) is 13.1 Å². The van der Waals surface area contributed by atoms with Crippen LogP contribution in [0.1, 0.15) is 12.8 Å². The number of aromatic nitrogens is 1. The summed E-state index contributed by atoms with van der Waals surface area (Å²) in [7, 11) is 0. The molecule has 2 aliphatic rings. The van der Waals surface area contributed by atoms with E-state index < -0.39 is 5.95 Å². The normalized spacial score (nSPS) is 26.0. The predicted molar refractivity (Wildman–Crippen MR) is 75.6 cm³/mol. The quantitative estimate of drug-likeness (QED) is 0.822. The number of ether oxygens (including phenoxy) is 1. The second kappa shape index (κ2) is 6.36. The fraction of sp³-hybridized carbons (Fsp3) is 0.571. The lowest BCUT2D eigenvalue weighted by Crippen LogP contribution is -2.51. The van der Waals surface area contributed by atoms with Crippen LogP contribution in [-0.4, -0.2) is 54.3 Å². The van der Waals surface area contributed by atoms with Crippen LogP contribution in [0.2, 0.25) is 0 Å². The zero-order chi connectivity index (χ0) is 14.7. The molecule has 0 bridgehead atoms. The van der Waals surface area contributed by atoms with Crippen molar-refractivity contribution in [2.75, 3.05) is 31.6 Å². The lowest BCUT2D eigenvalue weighted by atomic mass is 10.1. The Balaban J connectivity index is 1.54. The van der Waals surface area contributed by atoms with Gasteiger partial charge in [0.2, 0.25) is 5.95 Å². The Labute approximate surface area is 122 Å². The van der Waals surface area contributed by atoms with Gasteiger partial charge < -0.3 is 15.4 Å². The van der Waals surface area contributed by atoms with Crippen LogP contribution in [0.3, 0.4) is 0 Å². The number of halogens is 1. The van der Waals surface area contributed by atoms with Crippen molar-refractivity contribution in [2.45, 2.75) is 24.9 Å². The van der Waals surface area contributed by atoms with Crippen LogP contribution in [0.4, 0.5) is 14.9 Å². The van der Waals surface area contributed by atoms with Crippen LogP contribution in [0, 0.1) is 5.95 Å². The zero-order valence-corrected chi connectivity index (χ0v) is 11.7. The molecular formula is C14H19FN4O2. The van der Waals surface area contributed by atoms with E-state index in [9.17, 15) is 9.18 Å². The number of anilines is 1. The molecule has 2 N–H and O–H groups in total. The zero-order valence-electron chi connectivity index (χ0n) is 11.7. The van der Waals surface area contributed by atoms with Crippen molar-refractivity contribution in [3.8, 4) is 0 Å². The summed E-state index contributed by atoms with van der Waals surface area (Å²) in [6.45, 7) is 3.31. The fourth-order valence-electron chi connectivity index (χ4n) is 2.90. The molecule has 3 heterocycles. The maximum Gasteiger partial charge on any atom is 0.319 e. The lowest BCUT2D eigenvalue weighted by Gasteiger charge is -2.27. The Morgan fingerprint density at radius 3 is 2.86 bits per heavy atom. The molecule has 6 nitrogen and oxygen atoms in total. The first-order valence-corrected chi connectivity index (χ1v) is 7.23. The van der Waals surface area contributed by atoms with Crippen molar-refractivity contribution in [1.82, 2.24) is 15.2 Å². The molecule has 2 aliphatic heterocycles. The molecule has 0 radical (unpaired) electrons. The van der Waals surface area contributed by atoms with Crippen LogP contribution in [0.5, 0.6) is 0 Å². The summed E-state index contributed by atoms with van der Waals surface area (Å²) in [6, 6.07) is 2.59. The summed E-state index contributed by atoms with van der Waals surface area (Å²) in [5.74, 6) is -0.570. The van der Waals surface area contributed by atoms with E-state index >= 15 is 0 Å². The summed E-state index contributed by atoms with van der Waals surface area (Å²) in [5.41, 5.74) is 0.463.